The van der Waals surface area contributed by atoms with Crippen molar-refractivity contribution >= 4 is 5.91 Å². The molecule has 30 heavy (non-hydrogen) atoms. The highest BCUT2D eigenvalue weighted by atomic mass is 16.1. The molecule has 1 aliphatic heterocycles. The first-order valence-corrected chi connectivity index (χ1v) is 10.7. The van der Waals surface area contributed by atoms with Crippen LogP contribution in [-0.2, 0) is 12.0 Å². The lowest BCUT2D eigenvalue weighted by atomic mass is 9.68. The third-order valence-electron chi connectivity index (χ3n) is 6.84. The molecule has 0 saturated carbocycles. The van der Waals surface area contributed by atoms with Gasteiger partial charge in [-0.2, -0.15) is 0 Å². The Morgan fingerprint density at radius 3 is 2.37 bits per heavy atom. The predicted octanol–water partition coefficient (Wildman–Crippen LogP) is 5.25. The smallest absolute Gasteiger partial charge is 0.248 e. The number of nitrogens with two attached hydrogens (primary N) is 1. The molecule has 0 unspecified atom stereocenters. The number of rotatable bonds is 5. The van der Waals surface area contributed by atoms with Gasteiger partial charge in [0.2, 0.25) is 5.91 Å². The summed E-state index contributed by atoms with van der Waals surface area (Å²) >= 11 is 0. The molecule has 0 aliphatic carbocycles. The molecular weight excluding hydrogens is 368 g/mol. The van der Waals surface area contributed by atoms with E-state index in [1.54, 1.807) is 6.07 Å². The van der Waals surface area contributed by atoms with E-state index >= 15 is 0 Å². The van der Waals surface area contributed by atoms with Crippen molar-refractivity contribution in [3.63, 3.8) is 0 Å². The van der Waals surface area contributed by atoms with Crippen LogP contribution >= 0.6 is 0 Å². The number of primary amides is 1. The fraction of sp³-hybridized carbons (Fsp3) is 0.296. The zero-order valence-corrected chi connectivity index (χ0v) is 17.8. The van der Waals surface area contributed by atoms with Crippen molar-refractivity contribution in [2.75, 3.05) is 13.1 Å². The number of carbonyl (C=O) groups excluding carboxylic acids is 1. The molecule has 3 aromatic carbocycles. The van der Waals surface area contributed by atoms with E-state index < -0.39 is 0 Å². The van der Waals surface area contributed by atoms with E-state index in [0.29, 0.717) is 11.5 Å². The van der Waals surface area contributed by atoms with Crippen LogP contribution in [0, 0.1) is 5.92 Å². The molecule has 3 heteroatoms. The summed E-state index contributed by atoms with van der Waals surface area (Å²) in [6.07, 6.45) is 1.07. The largest absolute Gasteiger partial charge is 0.366 e. The van der Waals surface area contributed by atoms with Gasteiger partial charge >= 0.3 is 0 Å². The van der Waals surface area contributed by atoms with Crippen LogP contribution in [0.15, 0.2) is 78.9 Å². The van der Waals surface area contributed by atoms with Crippen LogP contribution in [-0.4, -0.2) is 23.9 Å². The Morgan fingerprint density at radius 2 is 1.70 bits per heavy atom. The molecule has 0 bridgehead atoms. The number of carbonyl (C=O) groups is 1. The zero-order chi connectivity index (χ0) is 21.1. The van der Waals surface area contributed by atoms with E-state index in [-0.39, 0.29) is 11.3 Å². The molecule has 154 valence electrons. The van der Waals surface area contributed by atoms with E-state index in [1.807, 2.05) is 18.2 Å². The van der Waals surface area contributed by atoms with Crippen LogP contribution < -0.4 is 5.73 Å². The van der Waals surface area contributed by atoms with Crippen LogP contribution in [0.1, 0.15) is 41.8 Å². The number of hydrogen-bond acceptors (Lipinski definition) is 2. The fourth-order valence-corrected chi connectivity index (χ4v) is 4.61. The zero-order valence-electron chi connectivity index (χ0n) is 17.8. The van der Waals surface area contributed by atoms with E-state index in [2.05, 4.69) is 73.3 Å². The Labute approximate surface area is 179 Å². The summed E-state index contributed by atoms with van der Waals surface area (Å²) in [6, 6.07) is 27.3. The third kappa shape index (κ3) is 4.17. The van der Waals surface area contributed by atoms with Crippen LogP contribution in [0.3, 0.4) is 0 Å². The SMILES string of the molecule is C[C@H]1CN(Cc2ccc(-c3ccccc3)cc2)CC[C@@]1(C)c1cccc(C(N)=O)c1. The predicted molar refractivity (Wildman–Crippen MR) is 123 cm³/mol. The van der Waals surface area contributed by atoms with E-state index in [1.165, 1.54) is 22.3 Å². The maximum absolute atomic E-state index is 11.6. The summed E-state index contributed by atoms with van der Waals surface area (Å²) in [7, 11) is 0. The second-order valence-corrected chi connectivity index (χ2v) is 8.81. The summed E-state index contributed by atoms with van der Waals surface area (Å²) in [5.41, 5.74) is 11.2. The molecule has 1 fully saturated rings. The highest BCUT2D eigenvalue weighted by Gasteiger charge is 2.38. The molecule has 2 N–H and O–H groups in total. The van der Waals surface area contributed by atoms with Gasteiger partial charge in [0, 0.05) is 18.7 Å². The van der Waals surface area contributed by atoms with Crippen molar-refractivity contribution in [1.82, 2.24) is 4.90 Å². The Bertz CT molecular complexity index is 1010. The number of amides is 1. The minimum Gasteiger partial charge on any atom is -0.366 e. The summed E-state index contributed by atoms with van der Waals surface area (Å²) in [5, 5.41) is 0. The number of hydrogen-bond donors (Lipinski definition) is 1. The maximum Gasteiger partial charge on any atom is 0.248 e. The van der Waals surface area contributed by atoms with Crippen molar-refractivity contribution in [1.29, 1.82) is 0 Å². The molecule has 3 nitrogen and oxygen atoms in total. The number of piperidine rings is 1. The molecule has 0 radical (unpaired) electrons. The fourth-order valence-electron chi connectivity index (χ4n) is 4.61. The van der Waals surface area contributed by atoms with Crippen molar-refractivity contribution in [3.05, 3.63) is 95.6 Å². The quantitative estimate of drug-likeness (QED) is 0.638. The second kappa shape index (κ2) is 8.45. The summed E-state index contributed by atoms with van der Waals surface area (Å²) in [5.74, 6) is 0.127. The molecule has 3 aromatic rings. The minimum absolute atomic E-state index is 0.0547. The van der Waals surface area contributed by atoms with Gasteiger partial charge in [0.05, 0.1) is 0 Å². The Balaban J connectivity index is 1.43. The molecule has 4 rings (SSSR count). The monoisotopic (exact) mass is 398 g/mol. The van der Waals surface area contributed by atoms with Crippen LogP contribution in [0.25, 0.3) is 11.1 Å². The van der Waals surface area contributed by atoms with Crippen molar-refractivity contribution in [2.45, 2.75) is 32.2 Å². The lowest BCUT2D eigenvalue weighted by Crippen LogP contribution is -2.47. The molecule has 1 saturated heterocycles. The standard InChI is InChI=1S/C27H30N2O/c1-20-18-29(16-15-27(20,2)25-10-6-9-24(17-25)26(28)30)19-21-11-13-23(14-12-21)22-7-4-3-5-8-22/h3-14,17,20H,15-16,18-19H2,1-2H3,(H2,28,30)/t20-,27+/m0/s1. The van der Waals surface area contributed by atoms with Gasteiger partial charge in [-0.1, -0.05) is 80.6 Å². The number of nitrogens with zero attached hydrogens (tertiary/aromatic N) is 1. The third-order valence-corrected chi connectivity index (χ3v) is 6.84. The molecular formula is C27H30N2O. The highest BCUT2D eigenvalue weighted by molar-refractivity contribution is 5.92. The Morgan fingerprint density at radius 1 is 1.00 bits per heavy atom. The van der Waals surface area contributed by atoms with E-state index in [9.17, 15) is 4.79 Å². The van der Waals surface area contributed by atoms with Crippen molar-refractivity contribution < 1.29 is 4.79 Å². The average Bonchev–Trinajstić information content (AvgIpc) is 2.77. The van der Waals surface area contributed by atoms with E-state index in [0.717, 1.165) is 26.1 Å². The number of likely N-dealkylation sites (tertiary alicyclic amines) is 1. The summed E-state index contributed by atoms with van der Waals surface area (Å²) < 4.78 is 0. The second-order valence-electron chi connectivity index (χ2n) is 8.81. The van der Waals surface area contributed by atoms with Gasteiger partial charge in [-0.3, -0.25) is 9.69 Å². The van der Waals surface area contributed by atoms with Gasteiger partial charge in [-0.05, 0) is 58.7 Å². The first-order valence-electron chi connectivity index (χ1n) is 10.7. The van der Waals surface area contributed by atoms with Crippen LogP contribution in [0.4, 0.5) is 0 Å². The lowest BCUT2D eigenvalue weighted by molar-refractivity contribution is 0.0996. The van der Waals surface area contributed by atoms with Gasteiger partial charge in [0.25, 0.3) is 0 Å². The van der Waals surface area contributed by atoms with Gasteiger partial charge < -0.3 is 5.73 Å². The first kappa shape index (κ1) is 20.4. The molecule has 1 heterocycles. The van der Waals surface area contributed by atoms with Crippen LogP contribution in [0.5, 0.6) is 0 Å². The van der Waals surface area contributed by atoms with Gasteiger partial charge in [0.1, 0.15) is 0 Å². The van der Waals surface area contributed by atoms with Crippen LogP contribution in [0.2, 0.25) is 0 Å². The van der Waals surface area contributed by atoms with Gasteiger partial charge in [-0.25, -0.2) is 0 Å². The summed E-state index contributed by atoms with van der Waals surface area (Å²) in [6.45, 7) is 7.70. The van der Waals surface area contributed by atoms with Crippen molar-refractivity contribution in [3.8, 4) is 11.1 Å². The average molecular weight is 399 g/mol. The first-order chi connectivity index (χ1) is 14.5. The number of benzene rings is 3. The molecule has 2 atom stereocenters. The highest BCUT2D eigenvalue weighted by Crippen LogP contribution is 2.40. The van der Waals surface area contributed by atoms with Gasteiger partial charge in [0.15, 0.2) is 0 Å². The topological polar surface area (TPSA) is 46.3 Å². The lowest BCUT2D eigenvalue weighted by Gasteiger charge is -2.45. The Kier molecular flexibility index (Phi) is 5.74. The molecule has 0 spiro atoms. The molecule has 0 aromatic heterocycles. The maximum atomic E-state index is 11.6. The Hall–Kier alpha value is -2.91. The minimum atomic E-state index is -0.357. The molecule has 1 amide bonds. The molecule has 1 aliphatic rings. The van der Waals surface area contributed by atoms with E-state index in [4.69, 9.17) is 5.73 Å². The normalized spacial score (nSPS) is 22.0. The van der Waals surface area contributed by atoms with Crippen molar-refractivity contribution in [2.24, 2.45) is 11.7 Å². The summed E-state index contributed by atoms with van der Waals surface area (Å²) in [4.78, 5) is 14.1. The van der Waals surface area contributed by atoms with Gasteiger partial charge in [-0.15, -0.1) is 0 Å².